The van der Waals surface area contributed by atoms with E-state index in [0.717, 1.165) is 31.7 Å². The Labute approximate surface area is 204 Å². The minimum absolute atomic E-state index is 0.0790. The van der Waals surface area contributed by atoms with Crippen LogP contribution in [0.5, 0.6) is 0 Å². The first kappa shape index (κ1) is 24.9. The molecular weight excluding hydrogens is 448 g/mol. The summed E-state index contributed by atoms with van der Waals surface area (Å²) >= 11 is 0. The van der Waals surface area contributed by atoms with Gasteiger partial charge in [-0.3, -0.25) is 9.78 Å². The second-order valence-corrected chi connectivity index (χ2v) is 9.10. The molecule has 0 unspecified atom stereocenters. The van der Waals surface area contributed by atoms with Gasteiger partial charge in [-0.05, 0) is 78.6 Å². The van der Waals surface area contributed by atoms with E-state index in [-0.39, 0.29) is 24.9 Å². The summed E-state index contributed by atoms with van der Waals surface area (Å²) in [5, 5.41) is 17.4. The zero-order valence-electron chi connectivity index (χ0n) is 19.8. The van der Waals surface area contributed by atoms with Crippen LogP contribution < -0.4 is 10.6 Å². The molecule has 7 heteroatoms. The fraction of sp³-hybridized carbons (Fsp3) is 0.357. The van der Waals surface area contributed by atoms with Gasteiger partial charge in [0.05, 0.1) is 12.1 Å². The molecule has 0 radical (unpaired) electrons. The van der Waals surface area contributed by atoms with E-state index < -0.39 is 23.8 Å². The summed E-state index contributed by atoms with van der Waals surface area (Å²) < 4.78 is 27.6. The predicted octanol–water partition coefficient (Wildman–Crippen LogP) is 4.29. The Hall–Kier alpha value is -3.16. The van der Waals surface area contributed by atoms with Crippen molar-refractivity contribution in [3.63, 3.8) is 0 Å². The number of carbonyl (C=O) groups excluding carboxylic acids is 1. The molecule has 3 atom stereocenters. The molecule has 5 nitrogen and oxygen atoms in total. The van der Waals surface area contributed by atoms with Crippen LogP contribution in [-0.2, 0) is 19.3 Å². The van der Waals surface area contributed by atoms with E-state index in [0.29, 0.717) is 11.1 Å². The summed E-state index contributed by atoms with van der Waals surface area (Å²) in [6.07, 6.45) is 6.12. The average Bonchev–Trinajstić information content (AvgIpc) is 2.86. The van der Waals surface area contributed by atoms with Gasteiger partial charge in [-0.15, -0.1) is 0 Å². The van der Waals surface area contributed by atoms with Gasteiger partial charge in [0.15, 0.2) is 0 Å². The SMILES string of the molecule is CCc1ccc2c(c1)[C@@H](NC[C@@H](O)[C@H](Cc1cc(F)cc(F)c1)NC(=O)c1ccncc1)CCC2. The normalized spacial score (nSPS) is 16.9. The first-order chi connectivity index (χ1) is 16.9. The van der Waals surface area contributed by atoms with Crippen LogP contribution in [0.4, 0.5) is 8.78 Å². The standard InChI is InChI=1S/C28H31F2N3O2/c1-2-18-6-7-20-4-3-5-25(24(20)14-18)32-17-27(34)26(15-19-12-22(29)16-23(30)13-19)33-28(35)21-8-10-31-11-9-21/h6-14,16,25-27,32,34H,2-5,15,17H2,1H3,(H,33,35)/t25-,26-,27+/m0/s1. The fourth-order valence-corrected chi connectivity index (χ4v) is 4.71. The van der Waals surface area contributed by atoms with Crippen LogP contribution in [0.1, 0.15) is 58.4 Å². The number of nitrogens with zero attached hydrogens (tertiary/aromatic N) is 1. The highest BCUT2D eigenvalue weighted by molar-refractivity contribution is 5.94. The number of aromatic nitrogens is 1. The van der Waals surface area contributed by atoms with Crippen molar-refractivity contribution in [1.82, 2.24) is 15.6 Å². The number of fused-ring (bicyclic) bond motifs is 1. The number of rotatable bonds is 9. The molecular formula is C28H31F2N3O2. The smallest absolute Gasteiger partial charge is 0.251 e. The van der Waals surface area contributed by atoms with E-state index >= 15 is 0 Å². The molecule has 3 N–H and O–H groups in total. The summed E-state index contributed by atoms with van der Waals surface area (Å²) in [5.41, 5.74) is 4.60. The fourth-order valence-electron chi connectivity index (χ4n) is 4.71. The van der Waals surface area contributed by atoms with Crippen LogP contribution in [0.2, 0.25) is 0 Å². The predicted molar refractivity (Wildman–Crippen MR) is 131 cm³/mol. The third-order valence-electron chi connectivity index (χ3n) is 6.61. The number of amides is 1. The molecule has 1 amide bonds. The van der Waals surface area contributed by atoms with Gasteiger partial charge in [-0.2, -0.15) is 0 Å². The van der Waals surface area contributed by atoms with Crippen molar-refractivity contribution in [3.05, 3.63) is 100 Å². The number of hydrogen-bond donors (Lipinski definition) is 3. The summed E-state index contributed by atoms with van der Waals surface area (Å²) in [6.45, 7) is 2.35. The molecule has 1 heterocycles. The highest BCUT2D eigenvalue weighted by atomic mass is 19.1. The first-order valence-corrected chi connectivity index (χ1v) is 12.1. The molecule has 0 saturated carbocycles. The second-order valence-electron chi connectivity index (χ2n) is 9.10. The van der Waals surface area contributed by atoms with Crippen molar-refractivity contribution in [1.29, 1.82) is 0 Å². The number of pyridine rings is 1. The van der Waals surface area contributed by atoms with Crippen molar-refractivity contribution in [2.45, 2.75) is 57.2 Å². The van der Waals surface area contributed by atoms with Crippen LogP contribution in [0, 0.1) is 11.6 Å². The molecule has 1 aromatic heterocycles. The Bertz CT molecular complexity index is 1140. The topological polar surface area (TPSA) is 74.2 Å². The lowest BCUT2D eigenvalue weighted by molar-refractivity contribution is 0.0822. The molecule has 1 aliphatic carbocycles. The summed E-state index contributed by atoms with van der Waals surface area (Å²) in [7, 11) is 0. The van der Waals surface area contributed by atoms with E-state index in [1.807, 2.05) is 0 Å². The number of aliphatic hydroxyl groups excluding tert-OH is 1. The van der Waals surface area contributed by atoms with E-state index in [9.17, 15) is 18.7 Å². The van der Waals surface area contributed by atoms with Gasteiger partial charge >= 0.3 is 0 Å². The van der Waals surface area contributed by atoms with Crippen molar-refractivity contribution in [3.8, 4) is 0 Å². The minimum atomic E-state index is -0.980. The van der Waals surface area contributed by atoms with Crippen LogP contribution >= 0.6 is 0 Å². The quantitative estimate of drug-likeness (QED) is 0.428. The largest absolute Gasteiger partial charge is 0.390 e. The monoisotopic (exact) mass is 479 g/mol. The molecule has 1 aliphatic rings. The molecule has 0 saturated heterocycles. The molecule has 0 fully saturated rings. The average molecular weight is 480 g/mol. The van der Waals surface area contributed by atoms with Crippen LogP contribution in [0.3, 0.4) is 0 Å². The van der Waals surface area contributed by atoms with E-state index in [2.05, 4.69) is 40.7 Å². The van der Waals surface area contributed by atoms with Crippen LogP contribution in [-0.4, -0.2) is 34.7 Å². The van der Waals surface area contributed by atoms with Crippen molar-refractivity contribution < 1.29 is 18.7 Å². The number of benzene rings is 2. The molecule has 0 aliphatic heterocycles. The Balaban J connectivity index is 1.50. The van der Waals surface area contributed by atoms with E-state index in [1.165, 1.54) is 41.2 Å². The number of carbonyl (C=O) groups is 1. The second kappa shape index (κ2) is 11.5. The molecule has 3 aromatic rings. The molecule has 0 bridgehead atoms. The Morgan fingerprint density at radius 1 is 1.09 bits per heavy atom. The number of aliphatic hydroxyl groups is 1. The highest BCUT2D eigenvalue weighted by Gasteiger charge is 2.26. The maximum atomic E-state index is 13.8. The minimum Gasteiger partial charge on any atom is -0.390 e. The third kappa shape index (κ3) is 6.50. The van der Waals surface area contributed by atoms with Crippen molar-refractivity contribution >= 4 is 5.91 Å². The van der Waals surface area contributed by atoms with Gasteiger partial charge in [0.2, 0.25) is 0 Å². The molecule has 0 spiro atoms. The molecule has 35 heavy (non-hydrogen) atoms. The lowest BCUT2D eigenvalue weighted by Gasteiger charge is -2.30. The summed E-state index contributed by atoms with van der Waals surface area (Å²) in [5.74, 6) is -1.78. The molecule has 4 rings (SSSR count). The van der Waals surface area contributed by atoms with E-state index in [1.54, 1.807) is 12.1 Å². The molecule has 184 valence electrons. The van der Waals surface area contributed by atoms with Crippen LogP contribution in [0.15, 0.2) is 60.9 Å². The number of aryl methyl sites for hydroxylation is 2. The van der Waals surface area contributed by atoms with Gasteiger partial charge in [0, 0.05) is 36.6 Å². The highest BCUT2D eigenvalue weighted by Crippen LogP contribution is 2.30. The number of hydrogen-bond acceptors (Lipinski definition) is 4. The number of halogens is 2. The van der Waals surface area contributed by atoms with Crippen LogP contribution in [0.25, 0.3) is 0 Å². The van der Waals surface area contributed by atoms with Crippen molar-refractivity contribution in [2.24, 2.45) is 0 Å². The number of nitrogens with one attached hydrogen (secondary N) is 2. The lowest BCUT2D eigenvalue weighted by Crippen LogP contribution is -2.49. The zero-order valence-corrected chi connectivity index (χ0v) is 19.8. The van der Waals surface area contributed by atoms with Gasteiger partial charge in [0.1, 0.15) is 11.6 Å². The summed E-state index contributed by atoms with van der Waals surface area (Å²) in [4.78, 5) is 16.7. The van der Waals surface area contributed by atoms with E-state index in [4.69, 9.17) is 0 Å². The van der Waals surface area contributed by atoms with Crippen molar-refractivity contribution in [2.75, 3.05) is 6.54 Å². The van der Waals surface area contributed by atoms with Gasteiger partial charge < -0.3 is 15.7 Å². The maximum Gasteiger partial charge on any atom is 0.251 e. The third-order valence-corrected chi connectivity index (χ3v) is 6.61. The van der Waals surface area contributed by atoms with Gasteiger partial charge in [0.25, 0.3) is 5.91 Å². The maximum absolute atomic E-state index is 13.8. The lowest BCUT2D eigenvalue weighted by atomic mass is 9.86. The Kier molecular flexibility index (Phi) is 8.21. The Morgan fingerprint density at radius 2 is 1.83 bits per heavy atom. The molecule has 2 aromatic carbocycles. The van der Waals surface area contributed by atoms with Gasteiger partial charge in [-0.1, -0.05) is 25.1 Å². The summed E-state index contributed by atoms with van der Waals surface area (Å²) in [6, 6.07) is 12.3. The zero-order chi connectivity index (χ0) is 24.8. The first-order valence-electron chi connectivity index (χ1n) is 12.1. The van der Waals surface area contributed by atoms with Gasteiger partial charge in [-0.25, -0.2) is 8.78 Å². The Morgan fingerprint density at radius 3 is 2.54 bits per heavy atom.